The summed E-state index contributed by atoms with van der Waals surface area (Å²) in [4.78, 5) is 0. The van der Waals surface area contributed by atoms with Gasteiger partial charge < -0.3 is 10.5 Å². The molecule has 0 aliphatic rings. The SMILES string of the molecule is N#CCCCOc1cc(F)ccc1N. The summed E-state index contributed by atoms with van der Waals surface area (Å²) >= 11 is 0. The Labute approximate surface area is 81.9 Å². The van der Waals surface area contributed by atoms with Crippen molar-refractivity contribution in [3.8, 4) is 11.8 Å². The molecule has 0 atom stereocenters. The van der Waals surface area contributed by atoms with Gasteiger partial charge in [-0.15, -0.1) is 0 Å². The second-order valence-corrected chi connectivity index (χ2v) is 2.79. The van der Waals surface area contributed by atoms with E-state index in [1.165, 1.54) is 18.2 Å². The Morgan fingerprint density at radius 2 is 2.29 bits per heavy atom. The minimum absolute atomic E-state index is 0.336. The van der Waals surface area contributed by atoms with Crippen LogP contribution >= 0.6 is 0 Å². The fourth-order valence-electron chi connectivity index (χ4n) is 0.967. The molecule has 1 aromatic carbocycles. The van der Waals surface area contributed by atoms with Crippen LogP contribution in [0.5, 0.6) is 5.75 Å². The lowest BCUT2D eigenvalue weighted by molar-refractivity contribution is 0.313. The monoisotopic (exact) mass is 194 g/mol. The highest BCUT2D eigenvalue weighted by Gasteiger charge is 2.01. The van der Waals surface area contributed by atoms with Crippen LogP contribution < -0.4 is 10.5 Å². The van der Waals surface area contributed by atoms with Crippen LogP contribution in [0.2, 0.25) is 0 Å². The van der Waals surface area contributed by atoms with E-state index >= 15 is 0 Å². The zero-order valence-corrected chi connectivity index (χ0v) is 7.66. The zero-order chi connectivity index (χ0) is 10.4. The van der Waals surface area contributed by atoms with Gasteiger partial charge in [-0.1, -0.05) is 0 Å². The van der Waals surface area contributed by atoms with Crippen molar-refractivity contribution in [2.24, 2.45) is 0 Å². The Hall–Kier alpha value is -1.76. The van der Waals surface area contributed by atoms with E-state index in [9.17, 15) is 4.39 Å². The number of unbranched alkanes of at least 4 members (excludes halogenated alkanes) is 1. The molecular weight excluding hydrogens is 183 g/mol. The van der Waals surface area contributed by atoms with E-state index in [1.54, 1.807) is 0 Å². The molecule has 3 nitrogen and oxygen atoms in total. The molecule has 2 N–H and O–H groups in total. The van der Waals surface area contributed by atoms with Gasteiger partial charge in [-0.25, -0.2) is 4.39 Å². The van der Waals surface area contributed by atoms with Crippen molar-refractivity contribution in [2.45, 2.75) is 12.8 Å². The van der Waals surface area contributed by atoms with Crippen LogP contribution in [0.1, 0.15) is 12.8 Å². The molecule has 0 unspecified atom stereocenters. The Balaban J connectivity index is 2.50. The van der Waals surface area contributed by atoms with Crippen molar-refractivity contribution in [1.82, 2.24) is 0 Å². The third-order valence-electron chi connectivity index (χ3n) is 1.67. The molecule has 0 heterocycles. The van der Waals surface area contributed by atoms with Crippen LogP contribution in [0, 0.1) is 17.1 Å². The van der Waals surface area contributed by atoms with Gasteiger partial charge in [-0.3, -0.25) is 0 Å². The number of nitrogens with zero attached hydrogens (tertiary/aromatic N) is 1. The molecule has 0 saturated carbocycles. The summed E-state index contributed by atoms with van der Waals surface area (Å²) in [5.41, 5.74) is 5.95. The first-order chi connectivity index (χ1) is 6.74. The average molecular weight is 194 g/mol. The Kier molecular flexibility index (Phi) is 3.74. The van der Waals surface area contributed by atoms with Crippen molar-refractivity contribution >= 4 is 5.69 Å². The summed E-state index contributed by atoms with van der Waals surface area (Å²) in [7, 11) is 0. The van der Waals surface area contributed by atoms with E-state index in [0.29, 0.717) is 30.9 Å². The zero-order valence-electron chi connectivity index (χ0n) is 7.66. The number of nitriles is 1. The number of rotatable bonds is 4. The number of halogens is 1. The lowest BCUT2D eigenvalue weighted by Crippen LogP contribution is -2.00. The van der Waals surface area contributed by atoms with Crippen LogP contribution in [0.25, 0.3) is 0 Å². The third kappa shape index (κ3) is 2.94. The molecule has 0 aliphatic carbocycles. The maximum Gasteiger partial charge on any atom is 0.145 e. The van der Waals surface area contributed by atoms with Crippen molar-refractivity contribution in [3.05, 3.63) is 24.0 Å². The molecule has 0 fully saturated rings. The van der Waals surface area contributed by atoms with E-state index < -0.39 is 0 Å². The second kappa shape index (κ2) is 5.07. The highest BCUT2D eigenvalue weighted by atomic mass is 19.1. The molecule has 0 amide bonds. The number of benzene rings is 1. The molecule has 1 rings (SSSR count). The number of ether oxygens (including phenoxy) is 1. The maximum atomic E-state index is 12.7. The fourth-order valence-corrected chi connectivity index (χ4v) is 0.967. The standard InChI is InChI=1S/C10H11FN2O/c11-8-3-4-9(13)10(7-8)14-6-2-1-5-12/h3-4,7H,1-2,6,13H2. The summed E-state index contributed by atoms with van der Waals surface area (Å²) in [6, 6.07) is 5.96. The van der Waals surface area contributed by atoms with E-state index in [4.69, 9.17) is 15.7 Å². The summed E-state index contributed by atoms with van der Waals surface area (Å²) in [5.74, 6) is -0.0441. The maximum absolute atomic E-state index is 12.7. The normalized spacial score (nSPS) is 9.43. The Morgan fingerprint density at radius 1 is 1.50 bits per heavy atom. The molecule has 74 valence electrons. The summed E-state index contributed by atoms with van der Waals surface area (Å²) in [6.07, 6.45) is 1.04. The molecule has 1 aromatic rings. The van der Waals surface area contributed by atoms with E-state index in [2.05, 4.69) is 0 Å². The van der Waals surface area contributed by atoms with Crippen molar-refractivity contribution in [3.63, 3.8) is 0 Å². The summed E-state index contributed by atoms with van der Waals surface area (Å²) in [6.45, 7) is 0.376. The smallest absolute Gasteiger partial charge is 0.145 e. The molecule has 4 heteroatoms. The van der Waals surface area contributed by atoms with Gasteiger partial charge in [0, 0.05) is 12.5 Å². The topological polar surface area (TPSA) is 59.0 Å². The number of anilines is 1. The van der Waals surface area contributed by atoms with Gasteiger partial charge in [-0.2, -0.15) is 5.26 Å². The lowest BCUT2D eigenvalue weighted by Gasteiger charge is -2.07. The summed E-state index contributed by atoms with van der Waals surface area (Å²) in [5, 5.41) is 8.27. The largest absolute Gasteiger partial charge is 0.491 e. The summed E-state index contributed by atoms with van der Waals surface area (Å²) < 4.78 is 17.9. The second-order valence-electron chi connectivity index (χ2n) is 2.79. The van der Waals surface area contributed by atoms with Gasteiger partial charge in [0.1, 0.15) is 11.6 Å². The van der Waals surface area contributed by atoms with Crippen LogP contribution in [0.4, 0.5) is 10.1 Å². The molecule has 0 bridgehead atoms. The van der Waals surface area contributed by atoms with E-state index in [1.807, 2.05) is 6.07 Å². The molecule has 0 radical (unpaired) electrons. The first-order valence-corrected chi connectivity index (χ1v) is 4.29. The molecule has 0 aliphatic heterocycles. The average Bonchev–Trinajstić information content (AvgIpc) is 2.18. The highest BCUT2D eigenvalue weighted by Crippen LogP contribution is 2.21. The molecule has 14 heavy (non-hydrogen) atoms. The van der Waals surface area contributed by atoms with Gasteiger partial charge in [0.25, 0.3) is 0 Å². The van der Waals surface area contributed by atoms with Gasteiger partial charge in [0.05, 0.1) is 18.4 Å². The van der Waals surface area contributed by atoms with Crippen LogP contribution in [0.3, 0.4) is 0 Å². The quantitative estimate of drug-likeness (QED) is 0.589. The Bertz CT molecular complexity index is 346. The minimum atomic E-state index is -0.380. The molecule has 0 saturated heterocycles. The van der Waals surface area contributed by atoms with Crippen LogP contribution in [0.15, 0.2) is 18.2 Å². The number of hydrogen-bond acceptors (Lipinski definition) is 3. The Morgan fingerprint density at radius 3 is 3.00 bits per heavy atom. The first-order valence-electron chi connectivity index (χ1n) is 4.29. The number of nitrogens with two attached hydrogens (primary N) is 1. The van der Waals surface area contributed by atoms with Gasteiger partial charge >= 0.3 is 0 Å². The van der Waals surface area contributed by atoms with E-state index in [0.717, 1.165) is 0 Å². The number of hydrogen-bond donors (Lipinski definition) is 1. The fraction of sp³-hybridized carbons (Fsp3) is 0.300. The minimum Gasteiger partial charge on any atom is -0.491 e. The van der Waals surface area contributed by atoms with Crippen LogP contribution in [-0.4, -0.2) is 6.61 Å². The lowest BCUT2D eigenvalue weighted by atomic mass is 10.3. The van der Waals surface area contributed by atoms with Gasteiger partial charge in [0.15, 0.2) is 0 Å². The van der Waals surface area contributed by atoms with Gasteiger partial charge in [-0.05, 0) is 18.6 Å². The third-order valence-corrected chi connectivity index (χ3v) is 1.67. The molecule has 0 aromatic heterocycles. The van der Waals surface area contributed by atoms with Gasteiger partial charge in [0.2, 0.25) is 0 Å². The van der Waals surface area contributed by atoms with Crippen molar-refractivity contribution in [1.29, 1.82) is 5.26 Å². The molecular formula is C10H11FN2O. The van der Waals surface area contributed by atoms with Crippen molar-refractivity contribution < 1.29 is 9.13 Å². The van der Waals surface area contributed by atoms with Crippen molar-refractivity contribution in [2.75, 3.05) is 12.3 Å². The predicted molar refractivity (Wildman–Crippen MR) is 51.2 cm³/mol. The first kappa shape index (κ1) is 10.3. The highest BCUT2D eigenvalue weighted by molar-refractivity contribution is 5.52. The predicted octanol–water partition coefficient (Wildman–Crippen LogP) is 2.09. The molecule has 0 spiro atoms. The number of nitrogen functional groups attached to an aromatic ring is 1. The van der Waals surface area contributed by atoms with E-state index in [-0.39, 0.29) is 5.82 Å². The van der Waals surface area contributed by atoms with Crippen LogP contribution in [-0.2, 0) is 0 Å².